The molecule has 0 unspecified atom stereocenters. The summed E-state index contributed by atoms with van der Waals surface area (Å²) in [5.41, 5.74) is 2.57. The van der Waals surface area contributed by atoms with Crippen LogP contribution in [0, 0.1) is 0 Å². The van der Waals surface area contributed by atoms with Gasteiger partial charge in [0.1, 0.15) is 11.6 Å². The van der Waals surface area contributed by atoms with E-state index in [-0.39, 0.29) is 11.3 Å². The molecule has 5 rings (SSSR count). The predicted octanol–water partition coefficient (Wildman–Crippen LogP) is 3.87. The lowest BCUT2D eigenvalue weighted by molar-refractivity contribution is 0.539. The lowest BCUT2D eigenvalue weighted by Crippen LogP contribution is -2.17. The van der Waals surface area contributed by atoms with Crippen molar-refractivity contribution < 1.29 is 8.42 Å². The summed E-state index contributed by atoms with van der Waals surface area (Å²) in [4.78, 5) is 13.4. The first kappa shape index (κ1) is 21.5. The molecule has 4 aromatic rings. The van der Waals surface area contributed by atoms with Gasteiger partial charge in [-0.15, -0.1) is 0 Å². The monoisotopic (exact) mass is 466 g/mol. The largest absolute Gasteiger partial charge is 0.325 e. The Morgan fingerprint density at radius 3 is 2.58 bits per heavy atom. The van der Waals surface area contributed by atoms with Crippen molar-refractivity contribution in [3.05, 3.63) is 42.6 Å². The first-order chi connectivity index (χ1) is 15.7. The Morgan fingerprint density at radius 1 is 1.09 bits per heavy atom. The standard InChI is InChI=1S/C22H26N8O2S/c1-13(2)21-17-11-24-20(9-18(17)30(28-21)14(3)4)26-19-7-8-23-22(27-19)15-10-25-29(12-15)33(31,32)16-5-6-16/h7-14,16H,5-6H2,1-4H3,(H,23,24,26,27). The Balaban J connectivity index is 1.44. The van der Waals surface area contributed by atoms with Crippen molar-refractivity contribution >= 4 is 32.6 Å². The number of hydrogen-bond acceptors (Lipinski definition) is 8. The predicted molar refractivity (Wildman–Crippen MR) is 126 cm³/mol. The molecule has 33 heavy (non-hydrogen) atoms. The Morgan fingerprint density at radius 2 is 1.88 bits per heavy atom. The third kappa shape index (κ3) is 3.97. The molecule has 0 bridgehead atoms. The number of anilines is 2. The number of nitrogens with zero attached hydrogens (tertiary/aromatic N) is 7. The summed E-state index contributed by atoms with van der Waals surface area (Å²) in [5, 5.41) is 12.7. The fourth-order valence-electron chi connectivity index (χ4n) is 3.72. The zero-order chi connectivity index (χ0) is 23.3. The van der Waals surface area contributed by atoms with Crippen molar-refractivity contribution in [2.45, 2.75) is 57.7 Å². The van der Waals surface area contributed by atoms with Crippen molar-refractivity contribution in [2.75, 3.05) is 5.32 Å². The van der Waals surface area contributed by atoms with Crippen LogP contribution in [-0.4, -0.2) is 47.6 Å². The van der Waals surface area contributed by atoms with Crippen LogP contribution >= 0.6 is 0 Å². The van der Waals surface area contributed by atoms with Gasteiger partial charge in [0, 0.05) is 29.9 Å². The summed E-state index contributed by atoms with van der Waals surface area (Å²) in [6.07, 6.45) is 7.75. The van der Waals surface area contributed by atoms with Crippen molar-refractivity contribution in [3.63, 3.8) is 0 Å². The molecule has 0 atom stereocenters. The van der Waals surface area contributed by atoms with Crippen LogP contribution in [0.2, 0.25) is 0 Å². The molecule has 0 spiro atoms. The van der Waals surface area contributed by atoms with E-state index in [1.54, 1.807) is 12.3 Å². The van der Waals surface area contributed by atoms with Crippen molar-refractivity contribution in [2.24, 2.45) is 0 Å². The second kappa shape index (κ2) is 7.91. The minimum atomic E-state index is -3.43. The molecule has 0 amide bonds. The van der Waals surface area contributed by atoms with Gasteiger partial charge in [0.05, 0.1) is 34.4 Å². The highest BCUT2D eigenvalue weighted by atomic mass is 32.2. The summed E-state index contributed by atoms with van der Waals surface area (Å²) in [6, 6.07) is 3.92. The minimum absolute atomic E-state index is 0.212. The van der Waals surface area contributed by atoms with Gasteiger partial charge >= 0.3 is 0 Å². The number of nitrogens with one attached hydrogen (secondary N) is 1. The molecule has 4 aromatic heterocycles. The molecule has 0 radical (unpaired) electrons. The van der Waals surface area contributed by atoms with E-state index >= 15 is 0 Å². The van der Waals surface area contributed by atoms with Crippen LogP contribution in [0.4, 0.5) is 11.6 Å². The van der Waals surface area contributed by atoms with Crippen LogP contribution in [-0.2, 0) is 10.0 Å². The summed E-state index contributed by atoms with van der Waals surface area (Å²) >= 11 is 0. The van der Waals surface area contributed by atoms with Gasteiger partial charge in [0.25, 0.3) is 10.0 Å². The molecular weight excluding hydrogens is 440 g/mol. The third-order valence-electron chi connectivity index (χ3n) is 5.59. The highest BCUT2D eigenvalue weighted by Gasteiger charge is 2.37. The third-order valence-corrected chi connectivity index (χ3v) is 7.63. The van der Waals surface area contributed by atoms with Crippen molar-refractivity contribution in [1.29, 1.82) is 0 Å². The fourth-order valence-corrected chi connectivity index (χ4v) is 5.20. The minimum Gasteiger partial charge on any atom is -0.325 e. The second-order valence-corrected chi connectivity index (χ2v) is 11.0. The maximum absolute atomic E-state index is 12.4. The van der Waals surface area contributed by atoms with E-state index in [1.807, 2.05) is 16.9 Å². The number of aromatic nitrogens is 7. The SMILES string of the molecule is CC(C)c1nn(C(C)C)c2cc(Nc3ccnc(-c4cnn(S(=O)(=O)C5CC5)c4)n3)ncc12. The molecule has 4 heterocycles. The number of fused-ring (bicyclic) bond motifs is 1. The molecule has 1 saturated carbocycles. The average Bonchev–Trinajstić information content (AvgIpc) is 3.39. The Bertz CT molecular complexity index is 1430. The number of pyridine rings is 1. The number of hydrogen-bond donors (Lipinski definition) is 1. The highest BCUT2D eigenvalue weighted by Crippen LogP contribution is 2.31. The van der Waals surface area contributed by atoms with Gasteiger partial charge in [-0.3, -0.25) is 4.68 Å². The quantitative estimate of drug-likeness (QED) is 0.436. The molecule has 10 nitrogen and oxygen atoms in total. The maximum Gasteiger partial charge on any atom is 0.256 e. The molecule has 0 saturated heterocycles. The molecular formula is C22H26N8O2S. The van der Waals surface area contributed by atoms with Crippen LogP contribution in [0.25, 0.3) is 22.3 Å². The van der Waals surface area contributed by atoms with Crippen LogP contribution in [0.3, 0.4) is 0 Å². The first-order valence-corrected chi connectivity index (χ1v) is 12.5. The Hall–Kier alpha value is -3.34. The lowest BCUT2D eigenvalue weighted by Gasteiger charge is -2.09. The Labute approximate surface area is 192 Å². The van der Waals surface area contributed by atoms with E-state index in [1.165, 1.54) is 12.4 Å². The van der Waals surface area contributed by atoms with E-state index in [9.17, 15) is 8.42 Å². The average molecular weight is 467 g/mol. The topological polar surface area (TPSA) is 120 Å². The summed E-state index contributed by atoms with van der Waals surface area (Å²) in [5.74, 6) is 1.86. The van der Waals surface area contributed by atoms with E-state index in [0.717, 1.165) is 20.7 Å². The van der Waals surface area contributed by atoms with Gasteiger partial charge < -0.3 is 5.32 Å². The second-order valence-electron chi connectivity index (χ2n) is 8.90. The van der Waals surface area contributed by atoms with Gasteiger partial charge in [0.15, 0.2) is 5.82 Å². The summed E-state index contributed by atoms with van der Waals surface area (Å²) in [6.45, 7) is 8.45. The normalized spacial score (nSPS) is 14.5. The highest BCUT2D eigenvalue weighted by molar-refractivity contribution is 7.90. The zero-order valence-corrected chi connectivity index (χ0v) is 19.8. The van der Waals surface area contributed by atoms with E-state index < -0.39 is 10.0 Å². The smallest absolute Gasteiger partial charge is 0.256 e. The van der Waals surface area contributed by atoms with E-state index in [2.05, 4.69) is 53.1 Å². The first-order valence-electron chi connectivity index (χ1n) is 11.0. The van der Waals surface area contributed by atoms with Gasteiger partial charge in [-0.05, 0) is 38.7 Å². The van der Waals surface area contributed by atoms with Crippen molar-refractivity contribution in [3.8, 4) is 11.4 Å². The maximum atomic E-state index is 12.4. The fraction of sp³-hybridized carbons (Fsp3) is 0.409. The van der Waals surface area contributed by atoms with E-state index in [4.69, 9.17) is 5.10 Å². The summed E-state index contributed by atoms with van der Waals surface area (Å²) in [7, 11) is -3.43. The molecule has 1 aliphatic rings. The Kier molecular flexibility index (Phi) is 5.15. The van der Waals surface area contributed by atoms with Crippen LogP contribution < -0.4 is 5.32 Å². The molecule has 0 aromatic carbocycles. The molecule has 172 valence electrons. The molecule has 11 heteroatoms. The van der Waals surface area contributed by atoms with Crippen LogP contribution in [0.15, 0.2) is 36.9 Å². The van der Waals surface area contributed by atoms with Gasteiger partial charge in [-0.25, -0.2) is 23.4 Å². The van der Waals surface area contributed by atoms with Crippen LogP contribution in [0.5, 0.6) is 0 Å². The van der Waals surface area contributed by atoms with Crippen LogP contribution in [0.1, 0.15) is 58.2 Å². The zero-order valence-electron chi connectivity index (χ0n) is 19.0. The molecule has 1 fully saturated rings. The molecule has 0 aliphatic heterocycles. The van der Waals surface area contributed by atoms with Crippen molar-refractivity contribution in [1.82, 2.24) is 33.9 Å². The van der Waals surface area contributed by atoms with E-state index in [0.29, 0.717) is 41.8 Å². The number of rotatable bonds is 7. The molecule has 1 N–H and O–H groups in total. The van der Waals surface area contributed by atoms with Gasteiger partial charge in [-0.2, -0.15) is 14.3 Å². The molecule has 1 aliphatic carbocycles. The van der Waals surface area contributed by atoms with Gasteiger partial charge in [-0.1, -0.05) is 13.8 Å². The van der Waals surface area contributed by atoms with Gasteiger partial charge in [0.2, 0.25) is 0 Å². The summed E-state index contributed by atoms with van der Waals surface area (Å²) < 4.78 is 27.8. The lowest BCUT2D eigenvalue weighted by atomic mass is 10.1.